The Morgan fingerprint density at radius 3 is 2.50 bits per heavy atom. The first-order valence-electron chi connectivity index (χ1n) is 7.71. The molecule has 1 heteroatoms. The van der Waals surface area contributed by atoms with Crippen molar-refractivity contribution >= 4 is 0 Å². The van der Waals surface area contributed by atoms with Crippen LogP contribution in [0, 0.1) is 0 Å². The van der Waals surface area contributed by atoms with Crippen molar-refractivity contribution in [1.29, 1.82) is 0 Å². The van der Waals surface area contributed by atoms with E-state index < -0.39 is 0 Å². The molecule has 1 unspecified atom stereocenters. The van der Waals surface area contributed by atoms with Crippen molar-refractivity contribution in [2.45, 2.75) is 84.7 Å². The highest BCUT2D eigenvalue weighted by atomic mass is 16.3. The summed E-state index contributed by atoms with van der Waals surface area (Å²) in [5.41, 5.74) is 1.34. The lowest BCUT2D eigenvalue weighted by Gasteiger charge is -2.07. The van der Waals surface area contributed by atoms with Crippen LogP contribution in [0.25, 0.3) is 0 Å². The van der Waals surface area contributed by atoms with Crippen molar-refractivity contribution in [2.75, 3.05) is 0 Å². The monoisotopic (exact) mass is 252 g/mol. The fourth-order valence-electron chi connectivity index (χ4n) is 2.03. The topological polar surface area (TPSA) is 20.2 Å². The van der Waals surface area contributed by atoms with Crippen LogP contribution < -0.4 is 0 Å². The minimum atomic E-state index is -0.229. The summed E-state index contributed by atoms with van der Waals surface area (Å²) in [6.45, 7) is 6.51. The lowest BCUT2D eigenvalue weighted by atomic mass is 10.0. The van der Waals surface area contributed by atoms with Crippen molar-refractivity contribution in [3.8, 4) is 0 Å². The van der Waals surface area contributed by atoms with Crippen molar-refractivity contribution in [1.82, 2.24) is 0 Å². The third-order valence-electron chi connectivity index (χ3n) is 3.17. The predicted molar refractivity (Wildman–Crippen MR) is 81.8 cm³/mol. The normalized spacial score (nSPS) is 14.3. The number of hydrogen-bond acceptors (Lipinski definition) is 1. The van der Waals surface area contributed by atoms with E-state index in [1.165, 1.54) is 37.7 Å². The van der Waals surface area contributed by atoms with Crippen molar-refractivity contribution in [3.05, 3.63) is 23.8 Å². The molecule has 0 saturated carbocycles. The van der Waals surface area contributed by atoms with Gasteiger partial charge in [-0.05, 0) is 45.4 Å². The van der Waals surface area contributed by atoms with E-state index in [0.29, 0.717) is 0 Å². The zero-order valence-electron chi connectivity index (χ0n) is 12.6. The summed E-state index contributed by atoms with van der Waals surface area (Å²) in [5, 5.41) is 9.87. The number of allylic oxidation sites excluding steroid dienone is 3. The van der Waals surface area contributed by atoms with Crippen LogP contribution in [-0.2, 0) is 0 Å². The average Bonchev–Trinajstić information content (AvgIpc) is 2.35. The second-order valence-electron chi connectivity index (χ2n) is 5.20. The Bertz CT molecular complexity index is 228. The molecule has 0 aliphatic rings. The van der Waals surface area contributed by atoms with Gasteiger partial charge in [-0.15, -0.1) is 0 Å². The van der Waals surface area contributed by atoms with Gasteiger partial charge >= 0.3 is 0 Å². The van der Waals surface area contributed by atoms with Crippen LogP contribution in [0.5, 0.6) is 0 Å². The largest absolute Gasteiger partial charge is 0.389 e. The van der Waals surface area contributed by atoms with Crippen LogP contribution in [0.1, 0.15) is 78.6 Å². The Balaban J connectivity index is 3.52. The fourth-order valence-corrected chi connectivity index (χ4v) is 2.03. The van der Waals surface area contributed by atoms with Crippen LogP contribution in [-0.4, -0.2) is 11.2 Å². The molecule has 0 aromatic carbocycles. The summed E-state index contributed by atoms with van der Waals surface area (Å²) in [6.07, 6.45) is 16.8. The third kappa shape index (κ3) is 11.9. The highest BCUT2D eigenvalue weighted by molar-refractivity contribution is 5.01. The maximum absolute atomic E-state index is 9.87. The van der Waals surface area contributed by atoms with E-state index in [2.05, 4.69) is 32.9 Å². The SMILES string of the molecule is CCC=CCCCCCC(O)C=C(C)CCCC. The molecule has 0 saturated heterocycles. The second kappa shape index (κ2) is 12.9. The van der Waals surface area contributed by atoms with Gasteiger partial charge in [0.1, 0.15) is 0 Å². The number of hydrogen-bond donors (Lipinski definition) is 1. The summed E-state index contributed by atoms with van der Waals surface area (Å²) in [6, 6.07) is 0. The summed E-state index contributed by atoms with van der Waals surface area (Å²) in [7, 11) is 0. The zero-order chi connectivity index (χ0) is 13.6. The molecule has 0 fully saturated rings. The first-order valence-corrected chi connectivity index (χ1v) is 7.71. The number of unbranched alkanes of at least 4 members (excludes halogenated alkanes) is 4. The van der Waals surface area contributed by atoms with Gasteiger partial charge in [0.25, 0.3) is 0 Å². The Kier molecular flexibility index (Phi) is 12.5. The fraction of sp³-hybridized carbons (Fsp3) is 0.765. The van der Waals surface area contributed by atoms with Gasteiger partial charge in [0.05, 0.1) is 6.10 Å². The lowest BCUT2D eigenvalue weighted by Crippen LogP contribution is -2.03. The van der Waals surface area contributed by atoms with Crippen LogP contribution >= 0.6 is 0 Å². The molecule has 0 radical (unpaired) electrons. The van der Waals surface area contributed by atoms with E-state index in [0.717, 1.165) is 25.7 Å². The van der Waals surface area contributed by atoms with E-state index in [4.69, 9.17) is 0 Å². The van der Waals surface area contributed by atoms with Crippen molar-refractivity contribution < 1.29 is 5.11 Å². The Hall–Kier alpha value is -0.560. The maximum atomic E-state index is 9.87. The van der Waals surface area contributed by atoms with Crippen LogP contribution in [0.3, 0.4) is 0 Å². The van der Waals surface area contributed by atoms with E-state index >= 15 is 0 Å². The summed E-state index contributed by atoms with van der Waals surface area (Å²) in [4.78, 5) is 0. The minimum Gasteiger partial charge on any atom is -0.389 e. The lowest BCUT2D eigenvalue weighted by molar-refractivity contribution is 0.207. The first-order chi connectivity index (χ1) is 8.70. The Labute approximate surface area is 114 Å². The molecular formula is C17H32O. The predicted octanol–water partition coefficient (Wildman–Crippen LogP) is 5.40. The van der Waals surface area contributed by atoms with Gasteiger partial charge in [-0.25, -0.2) is 0 Å². The van der Waals surface area contributed by atoms with Crippen molar-refractivity contribution in [2.24, 2.45) is 0 Å². The minimum absolute atomic E-state index is 0.229. The van der Waals surface area contributed by atoms with Gasteiger partial charge in [0.2, 0.25) is 0 Å². The molecule has 0 spiro atoms. The smallest absolute Gasteiger partial charge is 0.0723 e. The number of aliphatic hydroxyl groups is 1. The van der Waals surface area contributed by atoms with Gasteiger partial charge in [0, 0.05) is 0 Å². The van der Waals surface area contributed by atoms with Crippen molar-refractivity contribution in [3.63, 3.8) is 0 Å². The molecule has 0 amide bonds. The second-order valence-corrected chi connectivity index (χ2v) is 5.20. The molecule has 0 aliphatic heterocycles. The van der Waals surface area contributed by atoms with Gasteiger partial charge in [0.15, 0.2) is 0 Å². The molecule has 0 aromatic heterocycles. The summed E-state index contributed by atoms with van der Waals surface area (Å²) >= 11 is 0. The average molecular weight is 252 g/mol. The maximum Gasteiger partial charge on any atom is 0.0723 e. The summed E-state index contributed by atoms with van der Waals surface area (Å²) < 4.78 is 0. The van der Waals surface area contributed by atoms with E-state index in [1.54, 1.807) is 0 Å². The Morgan fingerprint density at radius 1 is 1.06 bits per heavy atom. The number of rotatable bonds is 11. The highest BCUT2D eigenvalue weighted by Gasteiger charge is 2.00. The van der Waals surface area contributed by atoms with E-state index in [1.807, 2.05) is 6.08 Å². The Morgan fingerprint density at radius 2 is 1.83 bits per heavy atom. The quantitative estimate of drug-likeness (QED) is 0.385. The molecule has 0 bridgehead atoms. The van der Waals surface area contributed by atoms with E-state index in [9.17, 15) is 5.11 Å². The molecule has 1 atom stereocenters. The standard InChI is InChI=1S/C17H32O/c1-4-6-8-9-10-11-12-14-17(18)15-16(3)13-7-5-2/h6,8,15,17-18H,4-5,7,9-14H2,1-3H3. The zero-order valence-corrected chi connectivity index (χ0v) is 12.6. The molecule has 106 valence electrons. The van der Waals surface area contributed by atoms with E-state index in [-0.39, 0.29) is 6.10 Å². The molecule has 0 rings (SSSR count). The van der Waals surface area contributed by atoms with Gasteiger partial charge < -0.3 is 5.11 Å². The van der Waals surface area contributed by atoms with Crippen LogP contribution in [0.15, 0.2) is 23.8 Å². The molecule has 18 heavy (non-hydrogen) atoms. The van der Waals surface area contributed by atoms with Gasteiger partial charge in [-0.2, -0.15) is 0 Å². The molecule has 1 nitrogen and oxygen atoms in total. The number of aliphatic hydroxyl groups excluding tert-OH is 1. The molecule has 0 aromatic rings. The molecule has 1 N–H and O–H groups in total. The molecule has 0 heterocycles. The van der Waals surface area contributed by atoms with Crippen LogP contribution in [0.2, 0.25) is 0 Å². The molecular weight excluding hydrogens is 220 g/mol. The van der Waals surface area contributed by atoms with Gasteiger partial charge in [-0.1, -0.05) is 56.9 Å². The van der Waals surface area contributed by atoms with Gasteiger partial charge in [-0.3, -0.25) is 0 Å². The molecule has 0 aliphatic carbocycles. The van der Waals surface area contributed by atoms with Crippen LogP contribution in [0.4, 0.5) is 0 Å². The first kappa shape index (κ1) is 17.4. The third-order valence-corrected chi connectivity index (χ3v) is 3.17. The summed E-state index contributed by atoms with van der Waals surface area (Å²) in [5.74, 6) is 0. The highest BCUT2D eigenvalue weighted by Crippen LogP contribution is 2.11.